The van der Waals surface area contributed by atoms with Crippen LogP contribution in [-0.2, 0) is 10.5 Å². The van der Waals surface area contributed by atoms with Gasteiger partial charge in [0.25, 0.3) is 0 Å². The van der Waals surface area contributed by atoms with Crippen LogP contribution in [0.25, 0.3) is 6.08 Å². The van der Waals surface area contributed by atoms with E-state index in [0.717, 1.165) is 29.0 Å². The maximum atomic E-state index is 13.2. The van der Waals surface area contributed by atoms with Crippen LogP contribution in [0.4, 0.5) is 5.95 Å². The first-order valence-corrected chi connectivity index (χ1v) is 11.9. The van der Waals surface area contributed by atoms with E-state index < -0.39 is 0 Å². The summed E-state index contributed by atoms with van der Waals surface area (Å²) in [6.45, 7) is 4.29. The van der Waals surface area contributed by atoms with E-state index in [2.05, 4.69) is 55.6 Å². The van der Waals surface area contributed by atoms with Gasteiger partial charge in [0.15, 0.2) is 5.78 Å². The smallest absolute Gasteiger partial charge is 0.227 e. The molecule has 1 aromatic heterocycles. The van der Waals surface area contributed by atoms with Crippen LogP contribution in [0.1, 0.15) is 43.9 Å². The molecule has 0 saturated carbocycles. The van der Waals surface area contributed by atoms with Gasteiger partial charge in [0.05, 0.1) is 0 Å². The second-order valence-corrected chi connectivity index (χ2v) is 10.1. The number of aromatic nitrogens is 3. The number of thioether (sulfide) groups is 1. The highest BCUT2D eigenvalue weighted by Gasteiger charge is 2.40. The molecule has 0 bridgehead atoms. The predicted molar refractivity (Wildman–Crippen MR) is 129 cm³/mol. The minimum absolute atomic E-state index is 0.0658. The van der Waals surface area contributed by atoms with Crippen LogP contribution >= 0.6 is 11.8 Å². The molecule has 0 fully saturated rings. The van der Waals surface area contributed by atoms with Gasteiger partial charge in [0.2, 0.25) is 11.1 Å². The Morgan fingerprint density at radius 1 is 1.09 bits per heavy atom. The van der Waals surface area contributed by atoms with Gasteiger partial charge in [-0.05, 0) is 23.0 Å². The van der Waals surface area contributed by atoms with Crippen molar-refractivity contribution in [1.29, 1.82) is 0 Å². The first kappa shape index (κ1) is 20.8. The number of nitrogens with zero attached hydrogens (tertiary/aromatic N) is 3. The van der Waals surface area contributed by atoms with Gasteiger partial charge in [-0.15, -0.1) is 5.10 Å². The lowest BCUT2D eigenvalue weighted by molar-refractivity contribution is -0.118. The number of anilines is 1. The first-order chi connectivity index (χ1) is 15.5. The molecule has 0 radical (unpaired) electrons. The number of rotatable bonds is 5. The van der Waals surface area contributed by atoms with E-state index in [-0.39, 0.29) is 17.2 Å². The molecule has 0 saturated heterocycles. The van der Waals surface area contributed by atoms with Gasteiger partial charge in [-0.2, -0.15) is 4.98 Å². The van der Waals surface area contributed by atoms with Gasteiger partial charge in [-0.1, -0.05) is 98.4 Å². The molecule has 5 nitrogen and oxygen atoms in total. The summed E-state index contributed by atoms with van der Waals surface area (Å²) in [4.78, 5) is 18.0. The molecule has 6 heteroatoms. The van der Waals surface area contributed by atoms with Crippen molar-refractivity contribution in [2.75, 3.05) is 5.32 Å². The highest BCUT2D eigenvalue weighted by molar-refractivity contribution is 7.98. The zero-order chi connectivity index (χ0) is 22.1. The fourth-order valence-electron chi connectivity index (χ4n) is 4.36. The van der Waals surface area contributed by atoms with Crippen molar-refractivity contribution in [1.82, 2.24) is 14.8 Å². The Labute approximate surface area is 192 Å². The number of carbonyl (C=O) groups excluding carboxylic acids is 1. The number of hydrogen-bond donors (Lipinski definition) is 1. The average molecular weight is 443 g/mol. The number of benzene rings is 2. The molecule has 1 aliphatic carbocycles. The monoisotopic (exact) mass is 442 g/mol. The molecule has 2 heterocycles. The molecule has 1 unspecified atom stereocenters. The summed E-state index contributed by atoms with van der Waals surface area (Å²) in [5, 5.41) is 8.93. The van der Waals surface area contributed by atoms with Gasteiger partial charge in [-0.25, -0.2) is 4.68 Å². The van der Waals surface area contributed by atoms with Crippen LogP contribution in [0.5, 0.6) is 0 Å². The summed E-state index contributed by atoms with van der Waals surface area (Å²) in [5.74, 6) is 1.69. The van der Waals surface area contributed by atoms with Crippen LogP contribution in [0, 0.1) is 5.41 Å². The fraction of sp³-hybridized carbons (Fsp3) is 0.269. The molecule has 5 rings (SSSR count). The van der Waals surface area contributed by atoms with Crippen LogP contribution in [0.15, 0.2) is 83.2 Å². The Hall–Kier alpha value is -3.12. The predicted octanol–water partition coefficient (Wildman–Crippen LogP) is 5.89. The van der Waals surface area contributed by atoms with Crippen molar-refractivity contribution < 1.29 is 4.79 Å². The van der Waals surface area contributed by atoms with Crippen molar-refractivity contribution in [2.24, 2.45) is 5.41 Å². The highest BCUT2D eigenvalue weighted by atomic mass is 32.2. The van der Waals surface area contributed by atoms with Crippen molar-refractivity contribution in [2.45, 2.75) is 43.6 Å². The molecule has 2 aromatic carbocycles. The Kier molecular flexibility index (Phi) is 5.47. The molecule has 1 N–H and O–H groups in total. The van der Waals surface area contributed by atoms with Crippen LogP contribution in [0.3, 0.4) is 0 Å². The second kappa shape index (κ2) is 8.43. The molecule has 0 amide bonds. The third-order valence-electron chi connectivity index (χ3n) is 5.84. The van der Waals surface area contributed by atoms with Crippen molar-refractivity contribution in [3.8, 4) is 0 Å². The molecule has 1 aliphatic heterocycles. The summed E-state index contributed by atoms with van der Waals surface area (Å²) in [6.07, 6.45) is 5.51. The van der Waals surface area contributed by atoms with Crippen molar-refractivity contribution >= 4 is 29.6 Å². The topological polar surface area (TPSA) is 59.8 Å². The zero-order valence-electron chi connectivity index (χ0n) is 18.3. The van der Waals surface area contributed by atoms with E-state index >= 15 is 0 Å². The largest absolute Gasteiger partial charge is 0.328 e. The van der Waals surface area contributed by atoms with Crippen molar-refractivity contribution in [3.63, 3.8) is 0 Å². The Balaban J connectivity index is 1.48. The third kappa shape index (κ3) is 4.28. The quantitative estimate of drug-likeness (QED) is 0.499. The molecular formula is C26H26N4OS. The normalized spacial score (nSPS) is 19.6. The third-order valence-corrected chi connectivity index (χ3v) is 6.74. The number of carbonyl (C=O) groups is 1. The summed E-state index contributed by atoms with van der Waals surface area (Å²) in [5.41, 5.74) is 4.05. The van der Waals surface area contributed by atoms with E-state index in [4.69, 9.17) is 10.1 Å². The molecular weight excluding hydrogens is 416 g/mol. The molecule has 1 atom stereocenters. The summed E-state index contributed by atoms with van der Waals surface area (Å²) in [7, 11) is 0. The Morgan fingerprint density at radius 2 is 1.81 bits per heavy atom. The number of allylic oxidation sites excluding steroid dienone is 3. The lowest BCUT2D eigenvalue weighted by atomic mass is 9.74. The molecule has 32 heavy (non-hydrogen) atoms. The first-order valence-electron chi connectivity index (χ1n) is 10.9. The zero-order valence-corrected chi connectivity index (χ0v) is 19.1. The van der Waals surface area contributed by atoms with Gasteiger partial charge in [-0.3, -0.25) is 4.79 Å². The van der Waals surface area contributed by atoms with Gasteiger partial charge >= 0.3 is 0 Å². The fourth-order valence-corrected chi connectivity index (χ4v) is 5.14. The van der Waals surface area contributed by atoms with Crippen LogP contribution < -0.4 is 5.32 Å². The van der Waals surface area contributed by atoms with Crippen LogP contribution in [-0.4, -0.2) is 20.5 Å². The Morgan fingerprint density at radius 3 is 2.56 bits per heavy atom. The maximum Gasteiger partial charge on any atom is 0.227 e. The lowest BCUT2D eigenvalue weighted by Gasteiger charge is -2.37. The Bertz CT molecular complexity index is 1200. The average Bonchev–Trinajstić information content (AvgIpc) is 3.18. The lowest BCUT2D eigenvalue weighted by Crippen LogP contribution is -2.35. The number of Topliss-reactive ketones (excluding diaryl/α,β-unsaturated/α-hetero) is 1. The molecule has 2 aliphatic rings. The summed E-state index contributed by atoms with van der Waals surface area (Å²) >= 11 is 1.61. The van der Waals surface area contributed by atoms with Gasteiger partial charge in [0, 0.05) is 23.4 Å². The standard InChI is InChI=1S/C26H26N4OS/c1-26(2)15-20-23(22(31)16-26)21(14-13-18-9-5-3-6-10-18)30-24(27-20)28-25(29-30)32-17-19-11-7-4-8-12-19/h3-14,21H,15-17H2,1-2H3,(H,27,28,29)/b14-13+. The van der Waals surface area contributed by atoms with Crippen LogP contribution in [0.2, 0.25) is 0 Å². The second-order valence-electron chi connectivity index (χ2n) is 9.11. The summed E-state index contributed by atoms with van der Waals surface area (Å²) < 4.78 is 1.86. The van der Waals surface area contributed by atoms with E-state index in [9.17, 15) is 4.79 Å². The number of fused-ring (bicyclic) bond motifs is 1. The summed E-state index contributed by atoms with van der Waals surface area (Å²) in [6, 6.07) is 20.2. The SMILES string of the molecule is CC1(C)CC(=O)C2=C(C1)Nc1nc(SCc3ccccc3)nn1C2/C=C/c1ccccc1. The van der Waals surface area contributed by atoms with E-state index in [1.54, 1.807) is 11.8 Å². The maximum absolute atomic E-state index is 13.2. The van der Waals surface area contributed by atoms with Crippen molar-refractivity contribution in [3.05, 3.63) is 89.1 Å². The molecule has 3 aromatic rings. The highest BCUT2D eigenvalue weighted by Crippen LogP contribution is 2.44. The molecule has 0 spiro atoms. The minimum Gasteiger partial charge on any atom is -0.328 e. The van der Waals surface area contributed by atoms with Gasteiger partial charge < -0.3 is 5.32 Å². The minimum atomic E-state index is -0.261. The number of hydrogen-bond acceptors (Lipinski definition) is 5. The van der Waals surface area contributed by atoms with Gasteiger partial charge in [0.1, 0.15) is 6.04 Å². The van der Waals surface area contributed by atoms with E-state index in [0.29, 0.717) is 17.5 Å². The van der Waals surface area contributed by atoms with E-state index in [1.807, 2.05) is 41.1 Å². The molecule has 162 valence electrons. The van der Waals surface area contributed by atoms with E-state index in [1.165, 1.54) is 5.56 Å². The number of ketones is 1. The number of nitrogens with one attached hydrogen (secondary N) is 1.